The zero-order chi connectivity index (χ0) is 19.8. The van der Waals surface area contributed by atoms with Crippen molar-refractivity contribution >= 4 is 11.0 Å². The van der Waals surface area contributed by atoms with E-state index in [1.165, 1.54) is 25.0 Å². The molecule has 2 atom stereocenters. The van der Waals surface area contributed by atoms with Crippen molar-refractivity contribution < 1.29 is 18.4 Å². The molecule has 2 aliphatic heterocycles. The third-order valence-electron chi connectivity index (χ3n) is 6.41. The first-order chi connectivity index (χ1) is 14.2. The lowest BCUT2D eigenvalue weighted by Gasteiger charge is -2.38. The van der Waals surface area contributed by atoms with E-state index >= 15 is 0 Å². The summed E-state index contributed by atoms with van der Waals surface area (Å²) in [7, 11) is 1.66. The number of aromatic nitrogens is 1. The maximum absolute atomic E-state index is 13.4. The zero-order valence-corrected chi connectivity index (χ0v) is 16.5. The highest BCUT2D eigenvalue weighted by Gasteiger charge is 2.42. The van der Waals surface area contributed by atoms with Crippen LogP contribution in [0, 0.1) is 5.82 Å². The second-order valence-electron chi connectivity index (χ2n) is 8.00. The summed E-state index contributed by atoms with van der Waals surface area (Å²) in [6.45, 7) is 1.55. The van der Waals surface area contributed by atoms with Gasteiger partial charge in [-0.15, -0.1) is 0 Å². The molecule has 2 aliphatic rings. The van der Waals surface area contributed by atoms with Gasteiger partial charge in [-0.05, 0) is 49.9 Å². The van der Waals surface area contributed by atoms with E-state index in [0.717, 1.165) is 42.0 Å². The quantitative estimate of drug-likeness (QED) is 0.601. The number of methoxy groups -OCH3 is 1. The number of ether oxygens (including phenoxy) is 2. The first-order valence-corrected chi connectivity index (χ1v) is 10.3. The Bertz CT molecular complexity index is 991. The molecule has 1 aromatic heterocycles. The molecule has 2 fully saturated rings. The second kappa shape index (κ2) is 7.67. The lowest BCUT2D eigenvalue weighted by molar-refractivity contribution is 0.103. The molecule has 0 saturated carbocycles. The predicted octanol–water partition coefficient (Wildman–Crippen LogP) is 4.76. The molecule has 0 amide bonds. The molecule has 0 N–H and O–H groups in total. The minimum atomic E-state index is -0.287. The average Bonchev–Trinajstić information content (AvgIpc) is 3.25. The molecule has 2 bridgehead atoms. The highest BCUT2D eigenvalue weighted by Crippen LogP contribution is 2.44. The third-order valence-corrected chi connectivity index (χ3v) is 6.41. The fourth-order valence-electron chi connectivity index (χ4n) is 5.09. The largest absolute Gasteiger partial charge is 0.493 e. The molecule has 3 heterocycles. The summed E-state index contributed by atoms with van der Waals surface area (Å²) in [5, 5.41) is 5.25. The maximum atomic E-state index is 13.4. The highest BCUT2D eigenvalue weighted by molar-refractivity contribution is 5.79. The normalized spacial score (nSPS) is 24.1. The van der Waals surface area contributed by atoms with Crippen molar-refractivity contribution in [1.82, 2.24) is 10.1 Å². The predicted molar refractivity (Wildman–Crippen MR) is 108 cm³/mol. The Hall–Kier alpha value is -2.60. The van der Waals surface area contributed by atoms with Gasteiger partial charge in [0.05, 0.1) is 12.8 Å². The summed E-state index contributed by atoms with van der Waals surface area (Å²) in [5.41, 5.74) is 1.53. The molecule has 29 heavy (non-hydrogen) atoms. The molecule has 3 aromatic rings. The van der Waals surface area contributed by atoms with E-state index < -0.39 is 0 Å². The van der Waals surface area contributed by atoms with Gasteiger partial charge in [0, 0.05) is 36.0 Å². The van der Waals surface area contributed by atoms with Crippen LogP contribution in [-0.2, 0) is 0 Å². The van der Waals surface area contributed by atoms with Gasteiger partial charge in [0.2, 0.25) is 0 Å². The van der Waals surface area contributed by atoms with Gasteiger partial charge >= 0.3 is 0 Å². The van der Waals surface area contributed by atoms with Gasteiger partial charge < -0.3 is 14.0 Å². The number of fused-ring (bicyclic) bond motifs is 3. The molecule has 0 spiro atoms. The lowest BCUT2D eigenvalue weighted by Crippen LogP contribution is -2.44. The van der Waals surface area contributed by atoms with Crippen LogP contribution in [-0.4, -0.2) is 42.4 Å². The molecule has 152 valence electrons. The maximum Gasteiger partial charge on any atom is 0.170 e. The second-order valence-corrected chi connectivity index (χ2v) is 8.00. The Morgan fingerprint density at radius 2 is 1.86 bits per heavy atom. The molecule has 0 aliphatic carbocycles. The molecule has 5 rings (SSSR count). The summed E-state index contributed by atoms with van der Waals surface area (Å²) in [6.07, 6.45) is 4.54. The fraction of sp³-hybridized carbons (Fsp3) is 0.435. The van der Waals surface area contributed by atoms with Gasteiger partial charge in [-0.2, -0.15) is 0 Å². The average molecular weight is 396 g/mol. The van der Waals surface area contributed by atoms with E-state index in [-0.39, 0.29) is 5.82 Å². The van der Waals surface area contributed by atoms with Crippen molar-refractivity contribution in [3.05, 3.63) is 54.0 Å². The number of piperidine rings is 1. The van der Waals surface area contributed by atoms with Crippen molar-refractivity contribution in [3.63, 3.8) is 0 Å². The number of hydrogen-bond donors (Lipinski definition) is 0. The van der Waals surface area contributed by atoms with E-state index in [2.05, 4.69) is 10.1 Å². The van der Waals surface area contributed by atoms with Crippen LogP contribution < -0.4 is 9.47 Å². The summed E-state index contributed by atoms with van der Waals surface area (Å²) in [6, 6.07) is 13.5. The topological polar surface area (TPSA) is 47.7 Å². The smallest absolute Gasteiger partial charge is 0.170 e. The van der Waals surface area contributed by atoms with Crippen molar-refractivity contribution in [2.24, 2.45) is 0 Å². The van der Waals surface area contributed by atoms with Gasteiger partial charge in [0.25, 0.3) is 0 Å². The minimum absolute atomic E-state index is 0.287. The lowest BCUT2D eigenvalue weighted by atomic mass is 9.87. The monoisotopic (exact) mass is 396 g/mol. The van der Waals surface area contributed by atoms with E-state index in [4.69, 9.17) is 14.0 Å². The first kappa shape index (κ1) is 18.4. The Kier molecular flexibility index (Phi) is 4.87. The number of para-hydroxylation sites is 2. The summed E-state index contributed by atoms with van der Waals surface area (Å²) in [5.74, 6) is 1.64. The van der Waals surface area contributed by atoms with E-state index in [1.54, 1.807) is 13.2 Å². The van der Waals surface area contributed by atoms with Crippen molar-refractivity contribution in [3.8, 4) is 11.5 Å². The molecule has 5 nitrogen and oxygen atoms in total. The number of nitrogens with zero attached hydrogens (tertiary/aromatic N) is 2. The van der Waals surface area contributed by atoms with Crippen LogP contribution in [0.3, 0.4) is 0 Å². The number of rotatable bonds is 6. The SMILES string of the molecule is COc1ccccc1OCCN1C2CCC1CC(c1noc3cc(F)ccc13)C2. The van der Waals surface area contributed by atoms with E-state index in [9.17, 15) is 4.39 Å². The zero-order valence-electron chi connectivity index (χ0n) is 16.5. The Labute approximate surface area is 169 Å². The van der Waals surface area contributed by atoms with Gasteiger partial charge in [0.1, 0.15) is 12.4 Å². The Balaban J connectivity index is 1.24. The van der Waals surface area contributed by atoms with Gasteiger partial charge in [-0.25, -0.2) is 4.39 Å². The van der Waals surface area contributed by atoms with Crippen LogP contribution >= 0.6 is 0 Å². The third kappa shape index (κ3) is 3.46. The van der Waals surface area contributed by atoms with Gasteiger partial charge in [-0.3, -0.25) is 4.90 Å². The first-order valence-electron chi connectivity index (χ1n) is 10.3. The Morgan fingerprint density at radius 3 is 2.62 bits per heavy atom. The van der Waals surface area contributed by atoms with Gasteiger partial charge in [0.15, 0.2) is 17.1 Å². The number of hydrogen-bond acceptors (Lipinski definition) is 5. The van der Waals surface area contributed by atoms with Crippen LogP contribution in [0.4, 0.5) is 4.39 Å². The standard InChI is InChI=1S/C23H25FN2O3/c1-27-20-4-2-3-5-21(20)28-11-10-26-17-7-8-18(26)13-15(12-17)23-19-9-6-16(24)14-22(19)29-25-23/h2-6,9,14-15,17-18H,7-8,10-13H2,1H3. The highest BCUT2D eigenvalue weighted by atomic mass is 19.1. The minimum Gasteiger partial charge on any atom is -0.493 e. The summed E-state index contributed by atoms with van der Waals surface area (Å²) < 4.78 is 30.2. The molecular weight excluding hydrogens is 371 g/mol. The van der Waals surface area contributed by atoms with E-state index in [1.807, 2.05) is 24.3 Å². The summed E-state index contributed by atoms with van der Waals surface area (Å²) in [4.78, 5) is 2.59. The van der Waals surface area contributed by atoms with E-state index in [0.29, 0.717) is 30.2 Å². The van der Waals surface area contributed by atoms with Crippen LogP contribution in [0.15, 0.2) is 47.0 Å². The van der Waals surface area contributed by atoms with Crippen molar-refractivity contribution in [2.75, 3.05) is 20.3 Å². The molecule has 2 aromatic carbocycles. The molecule has 2 saturated heterocycles. The molecule has 0 radical (unpaired) electrons. The molecule has 6 heteroatoms. The summed E-state index contributed by atoms with van der Waals surface area (Å²) >= 11 is 0. The van der Waals surface area contributed by atoms with Crippen LogP contribution in [0.5, 0.6) is 11.5 Å². The fourth-order valence-corrected chi connectivity index (χ4v) is 5.09. The number of benzene rings is 2. The number of halogens is 1. The molecular formula is C23H25FN2O3. The van der Waals surface area contributed by atoms with Crippen LogP contribution in [0.25, 0.3) is 11.0 Å². The molecule has 2 unspecified atom stereocenters. The van der Waals surface area contributed by atoms with Crippen molar-refractivity contribution in [2.45, 2.75) is 43.7 Å². The van der Waals surface area contributed by atoms with Crippen molar-refractivity contribution in [1.29, 1.82) is 0 Å². The van der Waals surface area contributed by atoms with Crippen LogP contribution in [0.1, 0.15) is 37.3 Å². The van der Waals surface area contributed by atoms with Crippen LogP contribution in [0.2, 0.25) is 0 Å². The van der Waals surface area contributed by atoms with Gasteiger partial charge in [-0.1, -0.05) is 17.3 Å². The Morgan fingerprint density at radius 1 is 1.10 bits per heavy atom.